The summed E-state index contributed by atoms with van der Waals surface area (Å²) in [5.74, 6) is 1.18. The van der Waals surface area contributed by atoms with Crippen molar-refractivity contribution in [1.29, 1.82) is 0 Å². The molecule has 0 unspecified atom stereocenters. The normalized spacial score (nSPS) is 11.1. The molecule has 1 N–H and O–H groups in total. The van der Waals surface area contributed by atoms with Crippen molar-refractivity contribution >= 4 is 15.7 Å². The molecule has 0 fully saturated rings. The molecule has 134 valence electrons. The summed E-state index contributed by atoms with van der Waals surface area (Å²) in [6, 6.07) is 20.8. The van der Waals surface area contributed by atoms with Crippen molar-refractivity contribution in [3.63, 3.8) is 0 Å². The molecule has 2 aromatic carbocycles. The zero-order valence-electron chi connectivity index (χ0n) is 14.4. The number of nitrogens with zero attached hydrogens (tertiary/aromatic N) is 1. The Hall–Kier alpha value is -2.86. The Kier molecular flexibility index (Phi) is 5.53. The minimum absolute atomic E-state index is 0.198. The van der Waals surface area contributed by atoms with E-state index in [1.54, 1.807) is 18.3 Å². The number of sulfone groups is 1. The summed E-state index contributed by atoms with van der Waals surface area (Å²) in [5.41, 5.74) is 2.06. The SMILES string of the molecule is CS(=O)(=O)c1cccnc1NCc1cccc(COc2ccccc2)c1. The fourth-order valence-corrected chi connectivity index (χ4v) is 3.32. The predicted molar refractivity (Wildman–Crippen MR) is 102 cm³/mol. The summed E-state index contributed by atoms with van der Waals surface area (Å²) in [5, 5.41) is 3.11. The van der Waals surface area contributed by atoms with E-state index in [1.165, 1.54) is 6.26 Å². The lowest BCUT2D eigenvalue weighted by Crippen LogP contribution is -2.08. The zero-order chi connectivity index (χ0) is 18.4. The Morgan fingerprint density at radius 2 is 1.73 bits per heavy atom. The van der Waals surface area contributed by atoms with Crippen molar-refractivity contribution in [2.75, 3.05) is 11.6 Å². The first kappa shape index (κ1) is 17.9. The Bertz CT molecular complexity index is 973. The molecule has 0 aliphatic heterocycles. The van der Waals surface area contributed by atoms with Crippen LogP contribution >= 0.6 is 0 Å². The quantitative estimate of drug-likeness (QED) is 0.689. The minimum atomic E-state index is -3.33. The molecule has 5 nitrogen and oxygen atoms in total. The first-order valence-corrected chi connectivity index (χ1v) is 10.1. The average molecular weight is 368 g/mol. The van der Waals surface area contributed by atoms with E-state index in [-0.39, 0.29) is 4.90 Å². The number of benzene rings is 2. The second-order valence-corrected chi connectivity index (χ2v) is 7.88. The van der Waals surface area contributed by atoms with Crippen molar-refractivity contribution in [2.45, 2.75) is 18.0 Å². The van der Waals surface area contributed by atoms with Gasteiger partial charge in [-0.1, -0.05) is 42.5 Å². The number of pyridine rings is 1. The summed E-state index contributed by atoms with van der Waals surface area (Å²) in [4.78, 5) is 4.34. The topological polar surface area (TPSA) is 68.3 Å². The number of hydrogen-bond donors (Lipinski definition) is 1. The van der Waals surface area contributed by atoms with E-state index in [1.807, 2.05) is 54.6 Å². The van der Waals surface area contributed by atoms with Gasteiger partial charge in [-0.05, 0) is 35.4 Å². The van der Waals surface area contributed by atoms with Gasteiger partial charge in [0.25, 0.3) is 0 Å². The molecule has 0 radical (unpaired) electrons. The van der Waals surface area contributed by atoms with Crippen LogP contribution in [0.1, 0.15) is 11.1 Å². The lowest BCUT2D eigenvalue weighted by Gasteiger charge is -2.11. The van der Waals surface area contributed by atoms with Gasteiger partial charge >= 0.3 is 0 Å². The third-order valence-electron chi connectivity index (χ3n) is 3.77. The predicted octanol–water partition coefficient (Wildman–Crippen LogP) is 3.68. The Balaban J connectivity index is 1.66. The van der Waals surface area contributed by atoms with Gasteiger partial charge in [0.05, 0.1) is 0 Å². The molecular formula is C20H20N2O3S. The van der Waals surface area contributed by atoms with Gasteiger partial charge in [-0.3, -0.25) is 0 Å². The number of para-hydroxylation sites is 1. The minimum Gasteiger partial charge on any atom is -0.489 e. The highest BCUT2D eigenvalue weighted by Gasteiger charge is 2.13. The molecule has 0 atom stereocenters. The average Bonchev–Trinajstić information content (AvgIpc) is 2.65. The van der Waals surface area contributed by atoms with E-state index < -0.39 is 9.84 Å². The van der Waals surface area contributed by atoms with Crippen molar-refractivity contribution in [2.24, 2.45) is 0 Å². The molecule has 3 rings (SSSR count). The molecule has 0 saturated heterocycles. The maximum atomic E-state index is 11.8. The summed E-state index contributed by atoms with van der Waals surface area (Å²) < 4.78 is 29.4. The van der Waals surface area contributed by atoms with Gasteiger partial charge in [-0.15, -0.1) is 0 Å². The number of ether oxygens (including phenoxy) is 1. The number of aromatic nitrogens is 1. The monoisotopic (exact) mass is 368 g/mol. The number of nitrogens with one attached hydrogen (secondary N) is 1. The Morgan fingerprint density at radius 3 is 2.50 bits per heavy atom. The highest BCUT2D eigenvalue weighted by atomic mass is 32.2. The smallest absolute Gasteiger partial charge is 0.179 e. The van der Waals surface area contributed by atoms with Crippen LogP contribution in [0.4, 0.5) is 5.82 Å². The molecule has 1 heterocycles. The van der Waals surface area contributed by atoms with E-state index in [4.69, 9.17) is 4.74 Å². The van der Waals surface area contributed by atoms with Crippen LogP contribution in [-0.2, 0) is 23.0 Å². The van der Waals surface area contributed by atoms with Crippen LogP contribution in [0.15, 0.2) is 77.8 Å². The molecule has 0 amide bonds. The van der Waals surface area contributed by atoms with E-state index in [2.05, 4.69) is 10.3 Å². The van der Waals surface area contributed by atoms with Crippen LogP contribution in [0.25, 0.3) is 0 Å². The van der Waals surface area contributed by atoms with E-state index in [9.17, 15) is 8.42 Å². The summed E-state index contributed by atoms with van der Waals surface area (Å²) in [7, 11) is -3.33. The van der Waals surface area contributed by atoms with E-state index in [0.29, 0.717) is 19.0 Å². The van der Waals surface area contributed by atoms with E-state index >= 15 is 0 Å². The maximum Gasteiger partial charge on any atom is 0.179 e. The second kappa shape index (κ2) is 8.01. The second-order valence-electron chi connectivity index (χ2n) is 5.90. The molecule has 0 saturated carbocycles. The van der Waals surface area contributed by atoms with Gasteiger partial charge in [-0.25, -0.2) is 13.4 Å². The lowest BCUT2D eigenvalue weighted by atomic mass is 10.1. The molecule has 0 aliphatic rings. The third kappa shape index (κ3) is 4.83. The molecule has 0 aliphatic carbocycles. The fourth-order valence-electron chi connectivity index (χ4n) is 2.52. The molecule has 1 aromatic heterocycles. The highest BCUT2D eigenvalue weighted by Crippen LogP contribution is 2.19. The van der Waals surface area contributed by atoms with Crippen LogP contribution in [0.5, 0.6) is 5.75 Å². The molecule has 0 bridgehead atoms. The molecule has 0 spiro atoms. The lowest BCUT2D eigenvalue weighted by molar-refractivity contribution is 0.306. The summed E-state index contributed by atoms with van der Waals surface area (Å²) >= 11 is 0. The van der Waals surface area contributed by atoms with E-state index in [0.717, 1.165) is 16.9 Å². The van der Waals surface area contributed by atoms with Crippen molar-refractivity contribution < 1.29 is 13.2 Å². The van der Waals surface area contributed by atoms with Crippen LogP contribution < -0.4 is 10.1 Å². The van der Waals surface area contributed by atoms with Gasteiger partial charge in [0, 0.05) is 19.0 Å². The first-order chi connectivity index (χ1) is 12.5. The highest BCUT2D eigenvalue weighted by molar-refractivity contribution is 7.90. The molecule has 26 heavy (non-hydrogen) atoms. The Morgan fingerprint density at radius 1 is 0.962 bits per heavy atom. The largest absolute Gasteiger partial charge is 0.489 e. The van der Waals surface area contributed by atoms with Gasteiger partial charge in [-0.2, -0.15) is 0 Å². The molecule has 3 aromatic rings. The Labute approximate surface area is 153 Å². The van der Waals surface area contributed by atoms with Crippen molar-refractivity contribution in [3.8, 4) is 5.75 Å². The molecule has 6 heteroatoms. The zero-order valence-corrected chi connectivity index (χ0v) is 15.2. The molecular weight excluding hydrogens is 348 g/mol. The van der Waals surface area contributed by atoms with Crippen LogP contribution in [0.3, 0.4) is 0 Å². The van der Waals surface area contributed by atoms with Gasteiger partial charge in [0.1, 0.15) is 23.1 Å². The summed E-state index contributed by atoms with van der Waals surface area (Å²) in [6.45, 7) is 0.939. The maximum absolute atomic E-state index is 11.8. The third-order valence-corrected chi connectivity index (χ3v) is 4.90. The fraction of sp³-hybridized carbons (Fsp3) is 0.150. The number of hydrogen-bond acceptors (Lipinski definition) is 5. The van der Waals surface area contributed by atoms with Gasteiger partial charge in [0.2, 0.25) is 0 Å². The van der Waals surface area contributed by atoms with Crippen LogP contribution in [-0.4, -0.2) is 19.7 Å². The van der Waals surface area contributed by atoms with Crippen LogP contribution in [0, 0.1) is 0 Å². The first-order valence-electron chi connectivity index (χ1n) is 8.17. The number of rotatable bonds is 7. The van der Waals surface area contributed by atoms with Crippen molar-refractivity contribution in [3.05, 3.63) is 84.1 Å². The number of anilines is 1. The van der Waals surface area contributed by atoms with Crippen LogP contribution in [0.2, 0.25) is 0 Å². The van der Waals surface area contributed by atoms with Gasteiger partial charge < -0.3 is 10.1 Å². The standard InChI is InChI=1S/C20H20N2O3S/c1-26(23,24)19-11-6-12-21-20(19)22-14-16-7-5-8-17(13-16)15-25-18-9-3-2-4-10-18/h2-13H,14-15H2,1H3,(H,21,22). The summed E-state index contributed by atoms with van der Waals surface area (Å²) in [6.07, 6.45) is 2.75. The van der Waals surface area contributed by atoms with Gasteiger partial charge in [0.15, 0.2) is 9.84 Å². The van der Waals surface area contributed by atoms with Crippen molar-refractivity contribution in [1.82, 2.24) is 4.98 Å².